The van der Waals surface area contributed by atoms with E-state index in [2.05, 4.69) is 0 Å². The van der Waals surface area contributed by atoms with Crippen LogP contribution >= 0.6 is 11.6 Å². The summed E-state index contributed by atoms with van der Waals surface area (Å²) >= 11 is 6.01. The van der Waals surface area contributed by atoms with Gasteiger partial charge in [0.1, 0.15) is 0 Å². The Morgan fingerprint density at radius 3 is 2.76 bits per heavy atom. The lowest BCUT2D eigenvalue weighted by molar-refractivity contribution is 0.588. The van der Waals surface area contributed by atoms with E-state index in [0.717, 1.165) is 5.56 Å². The van der Waals surface area contributed by atoms with E-state index in [0.29, 0.717) is 23.7 Å². The van der Waals surface area contributed by atoms with E-state index >= 15 is 0 Å². The Bertz CT molecular complexity index is 530. The Morgan fingerprint density at radius 1 is 1.53 bits per heavy atom. The predicted molar refractivity (Wildman–Crippen MR) is 69.9 cm³/mol. The highest BCUT2D eigenvalue weighted by atomic mass is 35.5. The van der Waals surface area contributed by atoms with E-state index < -0.39 is 15.3 Å². The third-order valence-corrected chi connectivity index (χ3v) is 5.77. The van der Waals surface area contributed by atoms with E-state index in [-0.39, 0.29) is 6.54 Å². The lowest BCUT2D eigenvalue weighted by Crippen LogP contribution is -2.33. The molecule has 1 aromatic carbocycles. The second kappa shape index (κ2) is 4.48. The molecule has 0 saturated carbocycles. The molecular formula is C11H15ClN2O2S. The van der Waals surface area contributed by atoms with Crippen LogP contribution < -0.4 is 10.0 Å². The Morgan fingerprint density at radius 2 is 2.24 bits per heavy atom. The van der Waals surface area contributed by atoms with Gasteiger partial charge < -0.3 is 5.73 Å². The Hall–Kier alpha value is -0.780. The molecule has 1 aromatic rings. The highest BCUT2D eigenvalue weighted by molar-refractivity contribution is 7.93. The lowest BCUT2D eigenvalue weighted by Gasteiger charge is -2.19. The summed E-state index contributed by atoms with van der Waals surface area (Å²) in [4.78, 5) is 0. The summed E-state index contributed by atoms with van der Waals surface area (Å²) < 4.78 is 25.6. The Kier molecular flexibility index (Phi) is 3.34. The Labute approximate surface area is 106 Å². The molecule has 0 radical (unpaired) electrons. The molecule has 0 spiro atoms. The van der Waals surface area contributed by atoms with Crippen molar-refractivity contribution in [2.75, 3.05) is 17.4 Å². The zero-order valence-corrected chi connectivity index (χ0v) is 11.1. The second-order valence-electron chi connectivity index (χ2n) is 4.20. The summed E-state index contributed by atoms with van der Waals surface area (Å²) in [6.45, 7) is 2.52. The predicted octanol–water partition coefficient (Wildman–Crippen LogP) is 1.52. The van der Waals surface area contributed by atoms with Crippen molar-refractivity contribution in [3.05, 3.63) is 28.8 Å². The van der Waals surface area contributed by atoms with E-state index in [1.54, 1.807) is 12.1 Å². The summed E-state index contributed by atoms with van der Waals surface area (Å²) in [7, 11) is -3.31. The monoisotopic (exact) mass is 274 g/mol. The molecule has 6 heteroatoms. The van der Waals surface area contributed by atoms with Crippen LogP contribution in [-0.2, 0) is 10.0 Å². The minimum Gasteiger partial charge on any atom is -0.329 e. The molecule has 1 saturated heterocycles. The first-order valence-corrected chi connectivity index (χ1v) is 7.32. The standard InChI is InChI=1S/C11H15ClN2O2S/c1-8-2-3-9(6-11(8)12)14-5-4-10(7-13)17(14,15)16/h2-3,6,10H,4-5,7,13H2,1H3/t10-/m1/s1. The number of hydrogen-bond acceptors (Lipinski definition) is 3. The fraction of sp³-hybridized carbons (Fsp3) is 0.455. The van der Waals surface area contributed by atoms with Crippen LogP contribution in [0, 0.1) is 6.92 Å². The summed E-state index contributed by atoms with van der Waals surface area (Å²) in [5.74, 6) is 0. The average molecular weight is 275 g/mol. The summed E-state index contributed by atoms with van der Waals surface area (Å²) in [6, 6.07) is 5.29. The molecular weight excluding hydrogens is 260 g/mol. The summed E-state index contributed by atoms with van der Waals surface area (Å²) in [6.07, 6.45) is 0.574. The van der Waals surface area contributed by atoms with Gasteiger partial charge in [0.15, 0.2) is 0 Å². The molecule has 1 aliphatic rings. The average Bonchev–Trinajstić information content (AvgIpc) is 2.57. The molecule has 2 rings (SSSR count). The van der Waals surface area contributed by atoms with Gasteiger partial charge in [-0.15, -0.1) is 0 Å². The van der Waals surface area contributed by atoms with Crippen LogP contribution in [0.3, 0.4) is 0 Å². The van der Waals surface area contributed by atoms with E-state index in [4.69, 9.17) is 17.3 Å². The first-order valence-electron chi connectivity index (χ1n) is 5.44. The van der Waals surface area contributed by atoms with Gasteiger partial charge in [0.2, 0.25) is 10.0 Å². The van der Waals surface area contributed by atoms with Crippen LogP contribution in [0.2, 0.25) is 5.02 Å². The number of hydrogen-bond donors (Lipinski definition) is 1. The first kappa shape index (κ1) is 12.7. The normalized spacial score (nSPS) is 23.0. The minimum absolute atomic E-state index is 0.165. The first-order chi connectivity index (χ1) is 7.96. The fourth-order valence-electron chi connectivity index (χ4n) is 1.97. The second-order valence-corrected chi connectivity index (χ2v) is 6.74. The molecule has 4 nitrogen and oxygen atoms in total. The number of benzene rings is 1. The molecule has 0 bridgehead atoms. The van der Waals surface area contributed by atoms with Crippen molar-refractivity contribution >= 4 is 27.3 Å². The molecule has 17 heavy (non-hydrogen) atoms. The van der Waals surface area contributed by atoms with Crippen molar-refractivity contribution in [3.8, 4) is 0 Å². The van der Waals surface area contributed by atoms with Crippen LogP contribution in [-0.4, -0.2) is 26.8 Å². The third kappa shape index (κ3) is 2.14. The number of anilines is 1. The molecule has 1 aliphatic heterocycles. The van der Waals surface area contributed by atoms with Crippen molar-refractivity contribution in [2.45, 2.75) is 18.6 Å². The van der Waals surface area contributed by atoms with Gasteiger partial charge in [0.25, 0.3) is 0 Å². The van der Waals surface area contributed by atoms with Gasteiger partial charge in [-0.3, -0.25) is 4.31 Å². The number of sulfonamides is 1. The van der Waals surface area contributed by atoms with Gasteiger partial charge in [-0.2, -0.15) is 0 Å². The maximum atomic E-state index is 12.1. The van der Waals surface area contributed by atoms with Gasteiger partial charge in [0, 0.05) is 18.1 Å². The van der Waals surface area contributed by atoms with Crippen molar-refractivity contribution in [1.29, 1.82) is 0 Å². The lowest BCUT2D eigenvalue weighted by atomic mass is 10.2. The maximum absolute atomic E-state index is 12.1. The zero-order chi connectivity index (χ0) is 12.6. The number of nitrogens with two attached hydrogens (primary N) is 1. The molecule has 0 aliphatic carbocycles. The zero-order valence-electron chi connectivity index (χ0n) is 9.56. The molecule has 1 heterocycles. The number of rotatable bonds is 2. The van der Waals surface area contributed by atoms with Crippen molar-refractivity contribution < 1.29 is 8.42 Å². The van der Waals surface area contributed by atoms with E-state index in [1.165, 1.54) is 4.31 Å². The summed E-state index contributed by atoms with van der Waals surface area (Å²) in [5.41, 5.74) is 7.03. The molecule has 0 unspecified atom stereocenters. The number of aryl methyl sites for hydroxylation is 1. The van der Waals surface area contributed by atoms with Crippen LogP contribution in [0.4, 0.5) is 5.69 Å². The summed E-state index contributed by atoms with van der Waals surface area (Å²) in [5, 5.41) is 0.108. The van der Waals surface area contributed by atoms with Crippen LogP contribution in [0.1, 0.15) is 12.0 Å². The van der Waals surface area contributed by atoms with Crippen LogP contribution in [0.25, 0.3) is 0 Å². The van der Waals surface area contributed by atoms with Gasteiger partial charge in [-0.05, 0) is 31.0 Å². The van der Waals surface area contributed by atoms with Gasteiger partial charge >= 0.3 is 0 Å². The maximum Gasteiger partial charge on any atom is 0.239 e. The molecule has 1 atom stereocenters. The van der Waals surface area contributed by atoms with Gasteiger partial charge in [-0.1, -0.05) is 17.7 Å². The van der Waals surface area contributed by atoms with Crippen molar-refractivity contribution in [2.24, 2.45) is 5.73 Å². The Balaban J connectivity index is 2.39. The molecule has 94 valence electrons. The van der Waals surface area contributed by atoms with Gasteiger partial charge in [-0.25, -0.2) is 8.42 Å². The van der Waals surface area contributed by atoms with E-state index in [1.807, 2.05) is 13.0 Å². The molecule has 0 amide bonds. The highest BCUT2D eigenvalue weighted by Gasteiger charge is 2.37. The van der Waals surface area contributed by atoms with E-state index in [9.17, 15) is 8.42 Å². The minimum atomic E-state index is -3.31. The fourth-order valence-corrected chi connectivity index (χ4v) is 3.92. The van der Waals surface area contributed by atoms with Crippen LogP contribution in [0.15, 0.2) is 18.2 Å². The van der Waals surface area contributed by atoms with Gasteiger partial charge in [0.05, 0.1) is 10.9 Å². The molecule has 2 N–H and O–H groups in total. The third-order valence-electron chi connectivity index (χ3n) is 3.09. The highest BCUT2D eigenvalue weighted by Crippen LogP contribution is 2.30. The molecule has 1 fully saturated rings. The largest absolute Gasteiger partial charge is 0.329 e. The molecule has 0 aromatic heterocycles. The quantitative estimate of drug-likeness (QED) is 0.889. The topological polar surface area (TPSA) is 63.4 Å². The van der Waals surface area contributed by atoms with Crippen molar-refractivity contribution in [3.63, 3.8) is 0 Å². The number of nitrogens with zero attached hydrogens (tertiary/aromatic N) is 1. The number of halogens is 1. The smallest absolute Gasteiger partial charge is 0.239 e. The SMILES string of the molecule is Cc1ccc(N2CC[C@H](CN)S2(=O)=O)cc1Cl. The van der Waals surface area contributed by atoms with Crippen LogP contribution in [0.5, 0.6) is 0 Å². The van der Waals surface area contributed by atoms with Crippen molar-refractivity contribution in [1.82, 2.24) is 0 Å².